The number of aromatic amines is 1. The lowest BCUT2D eigenvalue weighted by atomic mass is 10.1. The molecule has 2 aromatic heterocycles. The number of H-pyrrole nitrogens is 1. The Labute approximate surface area is 179 Å². The van der Waals surface area contributed by atoms with Gasteiger partial charge in [-0.15, -0.1) is 0 Å². The minimum absolute atomic E-state index is 0.0747. The first kappa shape index (κ1) is 24.0. The van der Waals surface area contributed by atoms with E-state index in [1.807, 2.05) is 13.8 Å². The van der Waals surface area contributed by atoms with Gasteiger partial charge in [0, 0.05) is 0 Å². The van der Waals surface area contributed by atoms with Gasteiger partial charge in [-0.1, -0.05) is 26.7 Å². The topological polar surface area (TPSA) is 158 Å². The van der Waals surface area contributed by atoms with Crippen molar-refractivity contribution < 1.29 is 33.1 Å². The molecule has 1 saturated heterocycles. The summed E-state index contributed by atoms with van der Waals surface area (Å²) in [5, 5.41) is 20.9. The Hall–Kier alpha value is -1.66. The smallest absolute Gasteiger partial charge is 0.387 e. The first-order valence-electron chi connectivity index (χ1n) is 10.4. The SMILES string of the molecule is CCCCOP(=O)(OCCCC)OC[C@H]1O[C@@H](n2cnc3c(=O)[nH]cnc32)[C@H](O)[C@@H]1O. The Bertz CT molecular complexity index is 936. The number of aromatic nitrogens is 4. The van der Waals surface area contributed by atoms with Gasteiger partial charge in [0.2, 0.25) is 0 Å². The highest BCUT2D eigenvalue weighted by Gasteiger charge is 2.45. The largest absolute Gasteiger partial charge is 0.474 e. The predicted molar refractivity (Wildman–Crippen MR) is 109 cm³/mol. The Morgan fingerprint density at radius 2 is 1.81 bits per heavy atom. The first-order chi connectivity index (χ1) is 14.9. The molecule has 0 amide bonds. The first-order valence-corrected chi connectivity index (χ1v) is 11.8. The van der Waals surface area contributed by atoms with Crippen molar-refractivity contribution in [2.75, 3.05) is 19.8 Å². The van der Waals surface area contributed by atoms with E-state index in [2.05, 4.69) is 15.0 Å². The lowest BCUT2D eigenvalue weighted by molar-refractivity contribution is -0.0527. The van der Waals surface area contributed by atoms with Crippen molar-refractivity contribution in [2.45, 2.75) is 64.1 Å². The summed E-state index contributed by atoms with van der Waals surface area (Å²) in [6, 6.07) is 0. The number of aliphatic hydroxyl groups is 2. The number of ether oxygens (including phenoxy) is 1. The van der Waals surface area contributed by atoms with Gasteiger partial charge in [0.15, 0.2) is 17.4 Å². The summed E-state index contributed by atoms with van der Waals surface area (Å²) in [7, 11) is -3.85. The van der Waals surface area contributed by atoms with Gasteiger partial charge in [0.1, 0.15) is 18.3 Å². The molecule has 31 heavy (non-hydrogen) atoms. The molecule has 0 aromatic carbocycles. The van der Waals surface area contributed by atoms with Crippen LogP contribution >= 0.6 is 7.82 Å². The maximum atomic E-state index is 12.9. The molecular formula is C18H29N4O8P. The van der Waals surface area contributed by atoms with Crippen LogP contribution in [0.15, 0.2) is 17.4 Å². The van der Waals surface area contributed by atoms with E-state index < -0.39 is 37.9 Å². The average molecular weight is 460 g/mol. The fraction of sp³-hybridized carbons (Fsp3) is 0.722. The number of hydrogen-bond acceptors (Lipinski definition) is 10. The molecule has 3 heterocycles. The lowest BCUT2D eigenvalue weighted by Gasteiger charge is -2.21. The molecule has 1 fully saturated rings. The fourth-order valence-electron chi connectivity index (χ4n) is 3.06. The Balaban J connectivity index is 1.69. The van der Waals surface area contributed by atoms with Crippen LogP contribution in [0.1, 0.15) is 45.8 Å². The van der Waals surface area contributed by atoms with Gasteiger partial charge in [-0.05, 0) is 12.8 Å². The summed E-state index contributed by atoms with van der Waals surface area (Å²) >= 11 is 0. The van der Waals surface area contributed by atoms with Crippen LogP contribution in [0.3, 0.4) is 0 Å². The minimum atomic E-state index is -3.85. The molecule has 13 heteroatoms. The second-order valence-electron chi connectivity index (χ2n) is 7.22. The molecule has 0 aliphatic carbocycles. The van der Waals surface area contributed by atoms with Crippen molar-refractivity contribution in [1.29, 1.82) is 0 Å². The van der Waals surface area contributed by atoms with E-state index in [-0.39, 0.29) is 31.0 Å². The summed E-state index contributed by atoms with van der Waals surface area (Å²) in [5.74, 6) is 0. The van der Waals surface area contributed by atoms with Crippen LogP contribution in [0.5, 0.6) is 0 Å². The highest BCUT2D eigenvalue weighted by Crippen LogP contribution is 2.50. The maximum Gasteiger partial charge on any atom is 0.474 e. The zero-order chi connectivity index (χ0) is 22.4. The molecule has 0 bridgehead atoms. The highest BCUT2D eigenvalue weighted by molar-refractivity contribution is 7.48. The number of rotatable bonds is 12. The van der Waals surface area contributed by atoms with Crippen molar-refractivity contribution in [1.82, 2.24) is 19.5 Å². The Morgan fingerprint density at radius 1 is 1.13 bits per heavy atom. The van der Waals surface area contributed by atoms with Gasteiger partial charge in [0.25, 0.3) is 5.56 Å². The molecule has 0 unspecified atom stereocenters. The molecule has 12 nitrogen and oxygen atoms in total. The summed E-state index contributed by atoms with van der Waals surface area (Å²) < 4.78 is 36.1. The van der Waals surface area contributed by atoms with Crippen molar-refractivity contribution >= 4 is 19.0 Å². The molecular weight excluding hydrogens is 431 g/mol. The average Bonchev–Trinajstić information content (AvgIpc) is 3.30. The molecule has 1 aliphatic rings. The number of phosphoric acid groups is 1. The second kappa shape index (κ2) is 10.8. The molecule has 0 saturated carbocycles. The van der Waals surface area contributed by atoms with Crippen LogP contribution in [0.25, 0.3) is 11.2 Å². The molecule has 3 rings (SSSR count). The highest BCUT2D eigenvalue weighted by atomic mass is 31.2. The number of nitrogens with zero attached hydrogens (tertiary/aromatic N) is 3. The summed E-state index contributed by atoms with van der Waals surface area (Å²) in [4.78, 5) is 22.3. The standard InChI is InChI=1S/C18H29N4O8P/c1-3-5-7-27-31(26,28-8-6-4-2)29-9-12-14(23)15(24)18(30-12)22-11-21-13-16(22)19-10-20-17(13)25/h10-12,14-15,18,23-24H,3-9H2,1-2H3,(H,19,20,25)/t12-,14-,15-,18-/m1/s1. The third kappa shape index (κ3) is 5.58. The van der Waals surface area contributed by atoms with Crippen LogP contribution in [-0.4, -0.2) is 67.9 Å². The van der Waals surface area contributed by atoms with Crippen LogP contribution in [0.4, 0.5) is 0 Å². The maximum absolute atomic E-state index is 12.9. The van der Waals surface area contributed by atoms with Gasteiger partial charge in [-0.3, -0.25) is 22.9 Å². The van der Waals surface area contributed by atoms with Crippen LogP contribution in [0.2, 0.25) is 0 Å². The quantitative estimate of drug-likeness (QED) is 0.313. The molecule has 0 radical (unpaired) electrons. The Kier molecular flexibility index (Phi) is 8.34. The fourth-order valence-corrected chi connectivity index (χ4v) is 4.32. The van der Waals surface area contributed by atoms with Gasteiger partial charge < -0.3 is 19.9 Å². The molecule has 4 atom stereocenters. The van der Waals surface area contributed by atoms with E-state index in [1.54, 1.807) is 0 Å². The number of imidazole rings is 1. The van der Waals surface area contributed by atoms with E-state index >= 15 is 0 Å². The third-order valence-corrected chi connectivity index (χ3v) is 6.33. The van der Waals surface area contributed by atoms with Gasteiger partial charge in [-0.2, -0.15) is 0 Å². The number of phosphoric ester groups is 1. The lowest BCUT2D eigenvalue weighted by Crippen LogP contribution is -2.33. The second-order valence-corrected chi connectivity index (χ2v) is 8.89. The van der Waals surface area contributed by atoms with Crippen molar-refractivity contribution in [3.05, 3.63) is 23.0 Å². The van der Waals surface area contributed by atoms with E-state index in [4.69, 9.17) is 18.3 Å². The van der Waals surface area contributed by atoms with Crippen molar-refractivity contribution in [3.63, 3.8) is 0 Å². The summed E-state index contributed by atoms with van der Waals surface area (Å²) in [6.45, 7) is 4.03. The molecule has 174 valence electrons. The van der Waals surface area contributed by atoms with E-state index in [1.165, 1.54) is 17.2 Å². The number of fused-ring (bicyclic) bond motifs is 1. The Morgan fingerprint density at radius 3 is 2.45 bits per heavy atom. The van der Waals surface area contributed by atoms with E-state index in [0.717, 1.165) is 12.8 Å². The number of aliphatic hydroxyl groups excluding tert-OH is 2. The van der Waals surface area contributed by atoms with Crippen LogP contribution in [-0.2, 0) is 22.9 Å². The van der Waals surface area contributed by atoms with Gasteiger partial charge in [-0.25, -0.2) is 14.5 Å². The normalized spacial score (nSPS) is 24.3. The number of unbranched alkanes of at least 4 members (excludes halogenated alkanes) is 2. The molecule has 3 N–H and O–H groups in total. The molecule has 1 aliphatic heterocycles. The predicted octanol–water partition coefficient (Wildman–Crippen LogP) is 1.50. The van der Waals surface area contributed by atoms with E-state index in [9.17, 15) is 19.6 Å². The van der Waals surface area contributed by atoms with Crippen molar-refractivity contribution in [2.24, 2.45) is 0 Å². The molecule has 0 spiro atoms. The van der Waals surface area contributed by atoms with Gasteiger partial charge in [0.05, 0.1) is 32.5 Å². The zero-order valence-corrected chi connectivity index (χ0v) is 18.4. The molecule has 2 aromatic rings. The van der Waals surface area contributed by atoms with Crippen LogP contribution in [0, 0.1) is 0 Å². The summed E-state index contributed by atoms with van der Waals surface area (Å²) in [5.41, 5.74) is -0.172. The summed E-state index contributed by atoms with van der Waals surface area (Å²) in [6.07, 6.45) is 0.800. The number of hydrogen-bond donors (Lipinski definition) is 3. The van der Waals surface area contributed by atoms with Gasteiger partial charge >= 0.3 is 7.82 Å². The number of nitrogens with one attached hydrogen (secondary N) is 1. The van der Waals surface area contributed by atoms with Crippen LogP contribution < -0.4 is 5.56 Å². The monoisotopic (exact) mass is 460 g/mol. The zero-order valence-electron chi connectivity index (χ0n) is 17.5. The van der Waals surface area contributed by atoms with E-state index in [0.29, 0.717) is 12.8 Å². The van der Waals surface area contributed by atoms with Crippen molar-refractivity contribution in [3.8, 4) is 0 Å². The third-order valence-electron chi connectivity index (χ3n) is 4.87. The minimum Gasteiger partial charge on any atom is -0.387 e.